The highest BCUT2D eigenvalue weighted by atomic mass is 16.8. The molecule has 7 rings (SSSR count). The Bertz CT molecular complexity index is 2030. The van der Waals surface area contributed by atoms with E-state index in [0.717, 1.165) is 27.8 Å². The van der Waals surface area contributed by atoms with Crippen LogP contribution in [0.25, 0.3) is 11.1 Å². The molecule has 0 saturated carbocycles. The summed E-state index contributed by atoms with van der Waals surface area (Å²) in [5.41, 5.74) is 5.12. The van der Waals surface area contributed by atoms with Crippen molar-refractivity contribution < 1.29 is 57.1 Å². The fourth-order valence-electron chi connectivity index (χ4n) is 7.30. The maximum absolute atomic E-state index is 13.6. The lowest BCUT2D eigenvalue weighted by Crippen LogP contribution is -2.68. The molecule has 296 valence electrons. The lowest BCUT2D eigenvalue weighted by Gasteiger charge is -2.48. The summed E-state index contributed by atoms with van der Waals surface area (Å²) in [5, 5.41) is 5.26. The first-order chi connectivity index (χ1) is 27.7. The predicted molar refractivity (Wildman–Crippen MR) is 202 cm³/mol. The third-order valence-electron chi connectivity index (χ3n) is 9.87. The largest absolute Gasteiger partial charge is 0.457 e. The van der Waals surface area contributed by atoms with Crippen LogP contribution < -0.4 is 10.6 Å². The van der Waals surface area contributed by atoms with Crippen LogP contribution in [-0.2, 0) is 47.5 Å². The molecule has 0 spiro atoms. The molecule has 1 aliphatic carbocycles. The number of ketones is 1. The number of fused-ring (bicyclic) bond motifs is 4. The van der Waals surface area contributed by atoms with Crippen LogP contribution in [-0.4, -0.2) is 92.8 Å². The van der Waals surface area contributed by atoms with Crippen molar-refractivity contribution >= 4 is 29.7 Å². The number of carbonyl (C=O) groups is 5. The van der Waals surface area contributed by atoms with Crippen molar-refractivity contribution in [2.45, 2.75) is 62.7 Å². The SMILES string of the molecule is CC(=O)N[C@H]1[C@@H](OC[C@H](NC(=O)OCC2c3ccccc3-c3ccccc32)C(=O)OCC(=O)c2ccccc2)O[C@@H]2CO[C@H](c3ccccc3)O[C@@H]2[C@@H]1OC(C)=O. The van der Waals surface area contributed by atoms with E-state index in [1.54, 1.807) is 30.3 Å². The Morgan fingerprint density at radius 2 is 1.40 bits per heavy atom. The second-order valence-electron chi connectivity index (χ2n) is 13.8. The monoisotopic (exact) mass is 778 g/mol. The Kier molecular flexibility index (Phi) is 12.3. The Hall–Kier alpha value is -5.93. The number of benzene rings is 4. The first-order valence-electron chi connectivity index (χ1n) is 18.6. The zero-order valence-corrected chi connectivity index (χ0v) is 31.2. The topological polar surface area (TPSA) is 174 Å². The maximum atomic E-state index is 13.6. The molecule has 14 heteroatoms. The lowest BCUT2D eigenvalue weighted by molar-refractivity contribution is -0.345. The van der Waals surface area contributed by atoms with Crippen molar-refractivity contribution in [3.63, 3.8) is 0 Å². The van der Waals surface area contributed by atoms with Gasteiger partial charge in [-0.25, -0.2) is 9.59 Å². The number of amides is 2. The molecule has 4 aromatic carbocycles. The van der Waals surface area contributed by atoms with Crippen LogP contribution >= 0.6 is 0 Å². The molecule has 2 fully saturated rings. The second-order valence-corrected chi connectivity index (χ2v) is 13.8. The number of alkyl carbamates (subject to hydrolysis) is 1. The van der Waals surface area contributed by atoms with Crippen LogP contribution in [0.5, 0.6) is 0 Å². The van der Waals surface area contributed by atoms with E-state index in [2.05, 4.69) is 10.6 Å². The number of esters is 2. The summed E-state index contributed by atoms with van der Waals surface area (Å²) in [6.07, 6.45) is -5.95. The van der Waals surface area contributed by atoms with E-state index in [9.17, 15) is 24.0 Å². The predicted octanol–water partition coefficient (Wildman–Crippen LogP) is 4.61. The van der Waals surface area contributed by atoms with Crippen LogP contribution in [0.2, 0.25) is 0 Å². The molecule has 0 aromatic heterocycles. The lowest BCUT2D eigenvalue weighted by atomic mass is 9.95. The zero-order valence-electron chi connectivity index (χ0n) is 31.2. The molecular weight excluding hydrogens is 736 g/mol. The van der Waals surface area contributed by atoms with Gasteiger partial charge in [-0.2, -0.15) is 0 Å². The van der Waals surface area contributed by atoms with Crippen LogP contribution in [0, 0.1) is 0 Å². The molecule has 57 heavy (non-hydrogen) atoms. The summed E-state index contributed by atoms with van der Waals surface area (Å²) in [7, 11) is 0. The van der Waals surface area contributed by atoms with Gasteiger partial charge in [0.25, 0.3) is 0 Å². The maximum Gasteiger partial charge on any atom is 0.407 e. The normalized spacial score (nSPS) is 22.8. The highest BCUT2D eigenvalue weighted by molar-refractivity contribution is 5.98. The molecule has 3 aliphatic rings. The molecule has 2 N–H and O–H groups in total. The Morgan fingerprint density at radius 3 is 2.05 bits per heavy atom. The molecule has 14 nitrogen and oxygen atoms in total. The van der Waals surface area contributed by atoms with Crippen LogP contribution in [0.1, 0.15) is 53.1 Å². The third kappa shape index (κ3) is 9.21. The van der Waals surface area contributed by atoms with E-state index in [1.165, 1.54) is 13.8 Å². The number of rotatable bonds is 13. The minimum absolute atomic E-state index is 0.000286. The number of hydrogen-bond donors (Lipinski definition) is 2. The zero-order chi connectivity index (χ0) is 39.9. The van der Waals surface area contributed by atoms with Crippen molar-refractivity contribution in [1.82, 2.24) is 10.6 Å². The van der Waals surface area contributed by atoms with E-state index in [-0.39, 0.29) is 19.1 Å². The molecule has 0 bridgehead atoms. The van der Waals surface area contributed by atoms with Gasteiger partial charge in [-0.1, -0.05) is 109 Å². The van der Waals surface area contributed by atoms with Crippen molar-refractivity contribution in [3.8, 4) is 11.1 Å². The highest BCUT2D eigenvalue weighted by Crippen LogP contribution is 2.44. The van der Waals surface area contributed by atoms with Crippen molar-refractivity contribution in [2.75, 3.05) is 26.4 Å². The summed E-state index contributed by atoms with van der Waals surface area (Å²) < 4.78 is 41.4. The Balaban J connectivity index is 1.08. The number of carbonyl (C=O) groups excluding carboxylic acids is 5. The van der Waals surface area contributed by atoms with E-state index in [4.69, 9.17) is 33.2 Å². The molecule has 7 atom stereocenters. The Labute approximate surface area is 328 Å². The van der Waals surface area contributed by atoms with Crippen molar-refractivity contribution in [2.24, 2.45) is 0 Å². The summed E-state index contributed by atoms with van der Waals surface area (Å²) in [6.45, 7) is 1.27. The van der Waals surface area contributed by atoms with Gasteiger partial charge in [0, 0.05) is 30.9 Å². The number of nitrogens with one attached hydrogen (secondary N) is 2. The van der Waals surface area contributed by atoms with Gasteiger partial charge in [0.05, 0.1) is 13.2 Å². The molecule has 2 saturated heterocycles. The average molecular weight is 779 g/mol. The van der Waals surface area contributed by atoms with Crippen LogP contribution in [0.15, 0.2) is 109 Å². The molecule has 4 aromatic rings. The minimum Gasteiger partial charge on any atom is -0.457 e. The molecule has 0 unspecified atom stereocenters. The number of Topliss-reactive ketones (excluding diaryl/α,β-unsaturated/α-hetero) is 1. The standard InChI is InChI=1S/C43H42N2O12/c1-25(46)44-37-39(55-26(2)47)38-36(24-53-41(57-38)28-15-7-4-8-16-28)56-42(37)52-22-34(40(49)51-23-35(48)27-13-5-3-6-14-27)45-43(50)54-21-33-31-19-11-9-17-29(31)30-18-10-12-20-32(30)33/h3-20,33-34,36-39,41-42H,21-24H2,1-2H3,(H,44,46)(H,45,50)/t34-,36+,37+,38-,39+,41-,42-/m0/s1. The van der Waals surface area contributed by atoms with Gasteiger partial charge in [0.1, 0.15) is 24.9 Å². The summed E-state index contributed by atoms with van der Waals surface area (Å²) in [6, 6.07) is 30.5. The summed E-state index contributed by atoms with van der Waals surface area (Å²) >= 11 is 0. The first kappa shape index (κ1) is 39.3. The van der Waals surface area contributed by atoms with Crippen LogP contribution in [0.3, 0.4) is 0 Å². The number of hydrogen-bond acceptors (Lipinski definition) is 12. The van der Waals surface area contributed by atoms with E-state index < -0.39 is 85.9 Å². The molecule has 2 amide bonds. The van der Waals surface area contributed by atoms with Crippen molar-refractivity contribution in [1.29, 1.82) is 0 Å². The Morgan fingerprint density at radius 1 is 0.772 bits per heavy atom. The van der Waals surface area contributed by atoms with E-state index in [0.29, 0.717) is 5.56 Å². The molecule has 0 radical (unpaired) electrons. The quantitative estimate of drug-likeness (QED) is 0.110. The second kappa shape index (κ2) is 17.9. The fraction of sp³-hybridized carbons (Fsp3) is 0.326. The van der Waals surface area contributed by atoms with Gasteiger partial charge in [-0.3, -0.25) is 14.4 Å². The third-order valence-corrected chi connectivity index (χ3v) is 9.87. The fourth-order valence-corrected chi connectivity index (χ4v) is 7.30. The van der Waals surface area contributed by atoms with Crippen molar-refractivity contribution in [3.05, 3.63) is 131 Å². The van der Waals surface area contributed by atoms with E-state index in [1.807, 2.05) is 78.9 Å². The van der Waals surface area contributed by atoms with Gasteiger partial charge in [-0.05, 0) is 22.3 Å². The van der Waals surface area contributed by atoms with Gasteiger partial charge in [0.2, 0.25) is 5.91 Å². The van der Waals surface area contributed by atoms with Gasteiger partial charge in [0.15, 0.2) is 37.1 Å². The van der Waals surface area contributed by atoms with Crippen LogP contribution in [0.4, 0.5) is 4.79 Å². The summed E-state index contributed by atoms with van der Waals surface area (Å²) in [5.74, 6) is -2.86. The number of ether oxygens (including phenoxy) is 7. The summed E-state index contributed by atoms with van der Waals surface area (Å²) in [4.78, 5) is 64.8. The minimum atomic E-state index is -1.52. The first-order valence-corrected chi connectivity index (χ1v) is 18.6. The smallest absolute Gasteiger partial charge is 0.407 e. The highest BCUT2D eigenvalue weighted by Gasteiger charge is 2.53. The van der Waals surface area contributed by atoms with Gasteiger partial charge in [-0.15, -0.1) is 0 Å². The molecule has 2 aliphatic heterocycles. The average Bonchev–Trinajstić information content (AvgIpc) is 3.55. The molecular formula is C43H42N2O12. The van der Waals surface area contributed by atoms with Gasteiger partial charge >= 0.3 is 18.0 Å². The van der Waals surface area contributed by atoms with Gasteiger partial charge < -0.3 is 43.8 Å². The molecule has 2 heterocycles. The van der Waals surface area contributed by atoms with E-state index >= 15 is 0 Å².